The molecule has 0 spiro atoms. The van der Waals surface area contributed by atoms with E-state index in [-0.39, 0.29) is 12.3 Å². The highest BCUT2D eigenvalue weighted by Crippen LogP contribution is 2.24. The van der Waals surface area contributed by atoms with Crippen LogP contribution in [-0.2, 0) is 4.74 Å². The van der Waals surface area contributed by atoms with Crippen LogP contribution in [0.15, 0.2) is 10.7 Å². The third-order valence-corrected chi connectivity index (χ3v) is 1.68. The summed E-state index contributed by atoms with van der Waals surface area (Å²) in [6.45, 7) is 0.0391. The molecule has 0 saturated heterocycles. The lowest BCUT2D eigenvalue weighted by Crippen LogP contribution is -2.33. The Kier molecular flexibility index (Phi) is 4.51. The molecule has 0 saturated carbocycles. The van der Waals surface area contributed by atoms with Crippen molar-refractivity contribution in [2.24, 2.45) is 0 Å². The second-order valence-corrected chi connectivity index (χ2v) is 3.07. The van der Waals surface area contributed by atoms with Gasteiger partial charge in [0.15, 0.2) is 12.3 Å². The molecule has 0 aliphatic heterocycles. The normalized spacial score (nSPS) is 11.7. The highest BCUT2D eigenvalue weighted by molar-refractivity contribution is 5.86. The second kappa shape index (κ2) is 5.69. The fraction of sp³-hybridized carbons (Fsp3) is 0.556. The molecule has 0 radical (unpaired) electrons. The molecule has 5 nitrogen and oxygen atoms in total. The van der Waals surface area contributed by atoms with Gasteiger partial charge in [0.2, 0.25) is 0 Å². The van der Waals surface area contributed by atoms with Crippen LogP contribution in [0.5, 0.6) is 6.08 Å². The van der Waals surface area contributed by atoms with Gasteiger partial charge in [-0.2, -0.15) is 13.8 Å². The number of oxazole rings is 1. The number of halogens is 4. The van der Waals surface area contributed by atoms with E-state index in [2.05, 4.69) is 18.9 Å². The second-order valence-electron chi connectivity index (χ2n) is 3.07. The Balaban J connectivity index is 2.57. The lowest BCUT2D eigenvalue weighted by atomic mass is 10.4. The summed E-state index contributed by atoms with van der Waals surface area (Å²) in [5.74, 6) is -5.16. The summed E-state index contributed by atoms with van der Waals surface area (Å²) in [4.78, 5) is 14.4. The Hall–Kier alpha value is -1.80. The summed E-state index contributed by atoms with van der Waals surface area (Å²) in [5, 5.41) is 0. The van der Waals surface area contributed by atoms with Gasteiger partial charge in [0, 0.05) is 0 Å². The predicted octanol–water partition coefficient (Wildman–Crippen LogP) is 2.13. The maximum Gasteiger partial charge on any atom is 0.394 e. The predicted molar refractivity (Wildman–Crippen MR) is 48.9 cm³/mol. The first-order valence-electron chi connectivity index (χ1n) is 4.78. The highest BCUT2D eigenvalue weighted by Gasteiger charge is 2.42. The standard InChI is InChI=1S/C9H9F4NO4/c1-2-16-6(15)5-3-17-8(14-5)18-4-9(12,13)7(10)11/h3,7H,2,4H2,1H3. The van der Waals surface area contributed by atoms with Crippen molar-refractivity contribution >= 4 is 5.97 Å². The van der Waals surface area contributed by atoms with Gasteiger partial charge in [-0.3, -0.25) is 0 Å². The van der Waals surface area contributed by atoms with Crippen molar-refractivity contribution < 1.29 is 36.2 Å². The zero-order valence-electron chi connectivity index (χ0n) is 9.16. The van der Waals surface area contributed by atoms with Gasteiger partial charge in [-0.1, -0.05) is 0 Å². The summed E-state index contributed by atoms with van der Waals surface area (Å²) in [6.07, 6.45) is -3.76. The quantitative estimate of drug-likeness (QED) is 0.586. The maximum atomic E-state index is 12.5. The SMILES string of the molecule is CCOC(=O)c1coc(OCC(F)(F)C(F)F)n1. The first-order valence-corrected chi connectivity index (χ1v) is 4.78. The number of alkyl halides is 4. The number of esters is 1. The number of carbonyl (C=O) groups excluding carboxylic acids is 1. The third kappa shape index (κ3) is 3.60. The molecular formula is C9H9F4NO4. The van der Waals surface area contributed by atoms with Gasteiger partial charge in [0.05, 0.1) is 6.61 Å². The Labute approximate surface area is 98.7 Å². The molecule has 0 atom stereocenters. The number of nitrogens with zero attached hydrogens (tertiary/aromatic N) is 1. The minimum atomic E-state index is -4.32. The molecule has 0 N–H and O–H groups in total. The molecule has 1 rings (SSSR count). The van der Waals surface area contributed by atoms with E-state index in [1.165, 1.54) is 0 Å². The van der Waals surface area contributed by atoms with Gasteiger partial charge < -0.3 is 13.9 Å². The van der Waals surface area contributed by atoms with Crippen LogP contribution in [0.4, 0.5) is 17.6 Å². The van der Waals surface area contributed by atoms with Crippen molar-refractivity contribution in [2.45, 2.75) is 19.3 Å². The number of ether oxygens (including phenoxy) is 2. The molecule has 0 aliphatic rings. The number of hydrogen-bond donors (Lipinski definition) is 0. The zero-order valence-corrected chi connectivity index (χ0v) is 9.16. The first kappa shape index (κ1) is 14.3. The monoisotopic (exact) mass is 271 g/mol. The minimum absolute atomic E-state index is 0.0886. The summed E-state index contributed by atoms with van der Waals surface area (Å²) in [5.41, 5.74) is -0.299. The van der Waals surface area contributed by atoms with Crippen molar-refractivity contribution in [1.29, 1.82) is 0 Å². The van der Waals surface area contributed by atoms with Crippen LogP contribution in [0.1, 0.15) is 17.4 Å². The van der Waals surface area contributed by atoms with Gasteiger partial charge in [0.25, 0.3) is 0 Å². The molecular weight excluding hydrogens is 262 g/mol. The first-order chi connectivity index (χ1) is 8.36. The van der Waals surface area contributed by atoms with Gasteiger partial charge >= 0.3 is 24.4 Å². The van der Waals surface area contributed by atoms with E-state index in [0.717, 1.165) is 6.26 Å². The Morgan fingerprint density at radius 3 is 2.78 bits per heavy atom. The fourth-order valence-corrected chi connectivity index (χ4v) is 0.843. The molecule has 1 aromatic heterocycles. The number of rotatable bonds is 6. The van der Waals surface area contributed by atoms with Gasteiger partial charge in [0.1, 0.15) is 6.26 Å². The largest absolute Gasteiger partial charge is 0.461 e. The Morgan fingerprint density at radius 2 is 2.22 bits per heavy atom. The third-order valence-electron chi connectivity index (χ3n) is 1.68. The van der Waals surface area contributed by atoms with Gasteiger partial charge in [-0.05, 0) is 6.92 Å². The van der Waals surface area contributed by atoms with Crippen molar-refractivity contribution in [3.05, 3.63) is 12.0 Å². The average Bonchev–Trinajstić information content (AvgIpc) is 2.75. The maximum absolute atomic E-state index is 12.5. The summed E-state index contributed by atoms with van der Waals surface area (Å²) in [7, 11) is 0. The molecule has 0 aromatic carbocycles. The number of hydrogen-bond acceptors (Lipinski definition) is 5. The van der Waals surface area contributed by atoms with Crippen LogP contribution in [0.3, 0.4) is 0 Å². The van der Waals surface area contributed by atoms with Crippen LogP contribution in [-0.4, -0.2) is 36.5 Å². The minimum Gasteiger partial charge on any atom is -0.461 e. The van der Waals surface area contributed by atoms with E-state index < -0.39 is 31.0 Å². The van der Waals surface area contributed by atoms with Crippen LogP contribution < -0.4 is 4.74 Å². The highest BCUT2D eigenvalue weighted by atomic mass is 19.3. The lowest BCUT2D eigenvalue weighted by Gasteiger charge is -2.13. The van der Waals surface area contributed by atoms with Crippen molar-refractivity contribution in [3.63, 3.8) is 0 Å². The molecule has 0 aliphatic carbocycles. The lowest BCUT2D eigenvalue weighted by molar-refractivity contribution is -0.151. The van der Waals surface area contributed by atoms with Gasteiger partial charge in [-0.15, -0.1) is 0 Å². The van der Waals surface area contributed by atoms with E-state index in [1.54, 1.807) is 6.92 Å². The topological polar surface area (TPSA) is 61.6 Å². The van der Waals surface area contributed by atoms with E-state index in [4.69, 9.17) is 0 Å². The molecule has 0 bridgehead atoms. The van der Waals surface area contributed by atoms with Crippen LogP contribution in [0.2, 0.25) is 0 Å². The van der Waals surface area contributed by atoms with E-state index in [9.17, 15) is 22.4 Å². The fourth-order valence-electron chi connectivity index (χ4n) is 0.843. The molecule has 18 heavy (non-hydrogen) atoms. The van der Waals surface area contributed by atoms with Gasteiger partial charge in [-0.25, -0.2) is 13.6 Å². The van der Waals surface area contributed by atoms with Crippen molar-refractivity contribution in [2.75, 3.05) is 13.2 Å². The molecule has 0 unspecified atom stereocenters. The van der Waals surface area contributed by atoms with Crippen LogP contribution in [0.25, 0.3) is 0 Å². The molecule has 0 fully saturated rings. The summed E-state index contributed by atoms with van der Waals surface area (Å²) >= 11 is 0. The van der Waals surface area contributed by atoms with Crippen molar-refractivity contribution in [1.82, 2.24) is 4.98 Å². The average molecular weight is 271 g/mol. The Morgan fingerprint density at radius 1 is 1.56 bits per heavy atom. The molecule has 1 heterocycles. The molecule has 0 amide bonds. The zero-order chi connectivity index (χ0) is 13.8. The summed E-state index contributed by atoms with van der Waals surface area (Å²) in [6, 6.07) is 0. The molecule has 1 aromatic rings. The van der Waals surface area contributed by atoms with E-state index in [1.807, 2.05) is 0 Å². The smallest absolute Gasteiger partial charge is 0.394 e. The Bertz CT molecular complexity index is 407. The van der Waals surface area contributed by atoms with Crippen molar-refractivity contribution in [3.8, 4) is 6.08 Å². The van der Waals surface area contributed by atoms with Crippen LogP contribution in [0, 0.1) is 0 Å². The number of carbonyl (C=O) groups is 1. The summed E-state index contributed by atoms with van der Waals surface area (Å²) < 4.78 is 61.8. The van der Waals surface area contributed by atoms with E-state index in [0.29, 0.717) is 0 Å². The van der Waals surface area contributed by atoms with E-state index >= 15 is 0 Å². The number of aromatic nitrogens is 1. The van der Waals surface area contributed by atoms with Crippen LogP contribution >= 0.6 is 0 Å². The molecule has 102 valence electrons. The molecule has 9 heteroatoms.